The number of halogens is 1. The molecule has 1 aliphatic rings. The Morgan fingerprint density at radius 3 is 2.93 bits per heavy atom. The van der Waals surface area contributed by atoms with Gasteiger partial charge in [-0.2, -0.15) is 0 Å². The van der Waals surface area contributed by atoms with E-state index in [2.05, 4.69) is 29.8 Å². The van der Waals surface area contributed by atoms with E-state index in [-0.39, 0.29) is 0 Å². The van der Waals surface area contributed by atoms with Gasteiger partial charge in [0.05, 0.1) is 0 Å². The fourth-order valence-electron chi connectivity index (χ4n) is 1.72. The molecule has 14 heavy (non-hydrogen) atoms. The lowest BCUT2D eigenvalue weighted by Gasteiger charge is -2.30. The molecule has 82 valence electrons. The van der Waals surface area contributed by atoms with E-state index in [1.165, 1.54) is 6.42 Å². The summed E-state index contributed by atoms with van der Waals surface area (Å²) in [5.74, 6) is 0.863. The zero-order valence-corrected chi connectivity index (χ0v) is 10.7. The standard InChI is InChI=1S/C11H20BrNO/c1-3-9(2)7-11(14)13-6-4-5-10(12)8-13/h9-10H,3-8H2,1-2H3. The molecule has 0 aromatic carbocycles. The molecule has 1 aliphatic heterocycles. The molecule has 1 rings (SSSR count). The summed E-state index contributed by atoms with van der Waals surface area (Å²) in [7, 11) is 0. The first-order valence-corrected chi connectivity index (χ1v) is 6.47. The Morgan fingerprint density at radius 2 is 2.36 bits per heavy atom. The molecule has 2 unspecified atom stereocenters. The highest BCUT2D eigenvalue weighted by Gasteiger charge is 2.22. The summed E-state index contributed by atoms with van der Waals surface area (Å²) in [4.78, 5) is 14.3. The van der Waals surface area contributed by atoms with Crippen molar-refractivity contribution in [3.8, 4) is 0 Å². The van der Waals surface area contributed by atoms with Gasteiger partial charge in [0, 0.05) is 24.3 Å². The zero-order chi connectivity index (χ0) is 10.6. The maximum absolute atomic E-state index is 11.8. The summed E-state index contributed by atoms with van der Waals surface area (Å²) in [6.45, 7) is 6.14. The molecule has 3 heteroatoms. The molecule has 0 aromatic heterocycles. The van der Waals surface area contributed by atoms with E-state index >= 15 is 0 Å². The number of likely N-dealkylation sites (tertiary alicyclic amines) is 1. The Hall–Kier alpha value is -0.0500. The first-order chi connectivity index (χ1) is 6.63. The minimum atomic E-state index is 0.337. The van der Waals surface area contributed by atoms with Gasteiger partial charge in [-0.25, -0.2) is 0 Å². The van der Waals surface area contributed by atoms with Crippen LogP contribution in [0.2, 0.25) is 0 Å². The highest BCUT2D eigenvalue weighted by molar-refractivity contribution is 9.09. The Kier molecular flexibility index (Phi) is 4.93. The van der Waals surface area contributed by atoms with Crippen molar-refractivity contribution in [1.82, 2.24) is 4.90 Å². The van der Waals surface area contributed by atoms with Crippen molar-refractivity contribution in [2.45, 2.75) is 44.4 Å². The fraction of sp³-hybridized carbons (Fsp3) is 0.909. The average Bonchev–Trinajstić information content (AvgIpc) is 2.17. The van der Waals surface area contributed by atoms with Crippen LogP contribution in [0.1, 0.15) is 39.5 Å². The largest absolute Gasteiger partial charge is 0.342 e. The van der Waals surface area contributed by atoms with Crippen LogP contribution in [0.3, 0.4) is 0 Å². The molecule has 0 bridgehead atoms. The van der Waals surface area contributed by atoms with Crippen molar-refractivity contribution < 1.29 is 4.79 Å². The molecule has 1 amide bonds. The summed E-state index contributed by atoms with van der Waals surface area (Å²) >= 11 is 3.59. The highest BCUT2D eigenvalue weighted by atomic mass is 79.9. The van der Waals surface area contributed by atoms with Gasteiger partial charge in [-0.15, -0.1) is 0 Å². The predicted molar refractivity (Wildman–Crippen MR) is 62.6 cm³/mol. The summed E-state index contributed by atoms with van der Waals surface area (Å²) in [6, 6.07) is 0. The smallest absolute Gasteiger partial charge is 0.222 e. The Balaban J connectivity index is 2.36. The van der Waals surface area contributed by atoms with E-state index in [1.54, 1.807) is 0 Å². The van der Waals surface area contributed by atoms with Crippen molar-refractivity contribution in [3.63, 3.8) is 0 Å². The normalized spacial score (nSPS) is 24.8. The van der Waals surface area contributed by atoms with Crippen LogP contribution in [0.4, 0.5) is 0 Å². The van der Waals surface area contributed by atoms with Crippen LogP contribution in [0.5, 0.6) is 0 Å². The van der Waals surface area contributed by atoms with Gasteiger partial charge in [0.2, 0.25) is 5.91 Å². The Morgan fingerprint density at radius 1 is 1.64 bits per heavy atom. The molecule has 1 saturated heterocycles. The number of rotatable bonds is 3. The third-order valence-corrected chi connectivity index (χ3v) is 3.68. The van der Waals surface area contributed by atoms with Crippen LogP contribution in [-0.2, 0) is 4.79 Å². The summed E-state index contributed by atoms with van der Waals surface area (Å²) in [5.41, 5.74) is 0. The summed E-state index contributed by atoms with van der Waals surface area (Å²) in [5, 5.41) is 0. The quantitative estimate of drug-likeness (QED) is 0.716. The van der Waals surface area contributed by atoms with Crippen molar-refractivity contribution in [2.24, 2.45) is 5.92 Å². The van der Waals surface area contributed by atoms with Crippen LogP contribution in [0.15, 0.2) is 0 Å². The van der Waals surface area contributed by atoms with Gasteiger partial charge in [-0.1, -0.05) is 36.2 Å². The lowest BCUT2D eigenvalue weighted by molar-refractivity contribution is -0.132. The van der Waals surface area contributed by atoms with Gasteiger partial charge in [-0.05, 0) is 18.8 Å². The van der Waals surface area contributed by atoms with Crippen LogP contribution in [-0.4, -0.2) is 28.7 Å². The van der Waals surface area contributed by atoms with E-state index < -0.39 is 0 Å². The van der Waals surface area contributed by atoms with E-state index in [0.717, 1.165) is 32.4 Å². The minimum Gasteiger partial charge on any atom is -0.342 e. The van der Waals surface area contributed by atoms with Crippen LogP contribution in [0, 0.1) is 5.92 Å². The number of carbonyl (C=O) groups excluding carboxylic acids is 1. The zero-order valence-electron chi connectivity index (χ0n) is 9.13. The number of alkyl halides is 1. The SMILES string of the molecule is CCC(C)CC(=O)N1CCCC(Br)C1. The number of nitrogens with zero attached hydrogens (tertiary/aromatic N) is 1. The van der Waals surface area contributed by atoms with Gasteiger partial charge < -0.3 is 4.90 Å². The van der Waals surface area contributed by atoms with Gasteiger partial charge >= 0.3 is 0 Å². The first-order valence-electron chi connectivity index (χ1n) is 5.55. The molecule has 2 atom stereocenters. The van der Waals surface area contributed by atoms with Gasteiger partial charge in [-0.3, -0.25) is 4.79 Å². The second-order valence-electron chi connectivity index (χ2n) is 4.30. The summed E-state index contributed by atoms with van der Waals surface area (Å²) in [6.07, 6.45) is 4.16. The number of hydrogen-bond acceptors (Lipinski definition) is 1. The average molecular weight is 262 g/mol. The molecule has 0 saturated carbocycles. The van der Waals surface area contributed by atoms with Gasteiger partial charge in [0.15, 0.2) is 0 Å². The highest BCUT2D eigenvalue weighted by Crippen LogP contribution is 2.19. The molecular formula is C11H20BrNO. The molecule has 1 fully saturated rings. The monoisotopic (exact) mass is 261 g/mol. The third-order valence-electron chi connectivity index (χ3n) is 2.94. The molecule has 0 radical (unpaired) electrons. The molecule has 2 nitrogen and oxygen atoms in total. The predicted octanol–water partition coefficient (Wildman–Crippen LogP) is 2.81. The molecule has 0 aliphatic carbocycles. The van der Waals surface area contributed by atoms with Gasteiger partial charge in [0.1, 0.15) is 0 Å². The van der Waals surface area contributed by atoms with E-state index in [9.17, 15) is 4.79 Å². The second kappa shape index (κ2) is 5.74. The molecule has 1 heterocycles. The molecular weight excluding hydrogens is 242 g/mol. The van der Waals surface area contributed by atoms with E-state index in [4.69, 9.17) is 0 Å². The number of carbonyl (C=O) groups is 1. The Labute approximate surface area is 95.2 Å². The lowest BCUT2D eigenvalue weighted by Crippen LogP contribution is -2.40. The number of hydrogen-bond donors (Lipinski definition) is 0. The molecule has 0 spiro atoms. The maximum atomic E-state index is 11.8. The topological polar surface area (TPSA) is 20.3 Å². The second-order valence-corrected chi connectivity index (χ2v) is 5.59. The van der Waals surface area contributed by atoms with Gasteiger partial charge in [0.25, 0.3) is 0 Å². The number of piperidine rings is 1. The van der Waals surface area contributed by atoms with E-state index in [1.807, 2.05) is 4.90 Å². The maximum Gasteiger partial charge on any atom is 0.222 e. The van der Waals surface area contributed by atoms with Crippen molar-refractivity contribution in [3.05, 3.63) is 0 Å². The molecule has 0 aromatic rings. The molecule has 0 N–H and O–H groups in total. The number of amides is 1. The van der Waals surface area contributed by atoms with Crippen molar-refractivity contribution in [1.29, 1.82) is 0 Å². The van der Waals surface area contributed by atoms with Crippen molar-refractivity contribution in [2.75, 3.05) is 13.1 Å². The van der Waals surface area contributed by atoms with Crippen molar-refractivity contribution >= 4 is 21.8 Å². The first kappa shape index (κ1) is 12.0. The minimum absolute atomic E-state index is 0.337. The van der Waals surface area contributed by atoms with E-state index in [0.29, 0.717) is 16.7 Å². The van der Waals surface area contributed by atoms with Crippen LogP contribution in [0.25, 0.3) is 0 Å². The van der Waals surface area contributed by atoms with Crippen LogP contribution < -0.4 is 0 Å². The Bertz CT molecular complexity index is 196. The third kappa shape index (κ3) is 3.60. The summed E-state index contributed by atoms with van der Waals surface area (Å²) < 4.78 is 0. The lowest BCUT2D eigenvalue weighted by atomic mass is 10.0. The fourth-order valence-corrected chi connectivity index (χ4v) is 2.40. The van der Waals surface area contributed by atoms with Crippen LogP contribution >= 0.6 is 15.9 Å².